The number of halogens is 2. The summed E-state index contributed by atoms with van der Waals surface area (Å²) in [6.07, 6.45) is -1.88. The average molecular weight is 352 g/mol. The van der Waals surface area contributed by atoms with Crippen molar-refractivity contribution in [2.45, 2.75) is 26.3 Å². The van der Waals surface area contributed by atoms with Crippen LogP contribution in [0.5, 0.6) is 0 Å². The van der Waals surface area contributed by atoms with Crippen LogP contribution >= 0.6 is 0 Å². The van der Waals surface area contributed by atoms with E-state index in [1.165, 1.54) is 0 Å². The van der Waals surface area contributed by atoms with E-state index in [0.717, 1.165) is 17.4 Å². The van der Waals surface area contributed by atoms with Crippen LogP contribution in [0.1, 0.15) is 36.7 Å². The summed E-state index contributed by atoms with van der Waals surface area (Å²) in [6.45, 7) is 3.22. The molecule has 26 heavy (non-hydrogen) atoms. The summed E-state index contributed by atoms with van der Waals surface area (Å²) in [4.78, 5) is 10.1. The predicted octanol–water partition coefficient (Wildman–Crippen LogP) is 4.86. The van der Waals surface area contributed by atoms with Gasteiger partial charge >= 0.3 is 0 Å². The van der Waals surface area contributed by atoms with Crippen molar-refractivity contribution in [1.82, 2.24) is 9.97 Å². The number of hydrogen-bond acceptors (Lipinski definition) is 4. The van der Waals surface area contributed by atoms with Crippen molar-refractivity contribution < 1.29 is 8.78 Å². The first-order valence-electron chi connectivity index (χ1n) is 8.41. The molecule has 0 amide bonds. The second-order valence-corrected chi connectivity index (χ2v) is 5.95. The summed E-state index contributed by atoms with van der Waals surface area (Å²) >= 11 is 0. The molecule has 0 fully saturated rings. The normalized spacial score (nSPS) is 10.9. The number of nitrogens with zero attached hydrogens (tertiary/aromatic N) is 4. The van der Waals surface area contributed by atoms with E-state index in [0.29, 0.717) is 30.0 Å². The number of nitriles is 1. The van der Waals surface area contributed by atoms with Crippen molar-refractivity contribution in [1.29, 1.82) is 5.26 Å². The number of alkyl halides is 2. The minimum Gasteiger partial charge on any atom is -0.352 e. The maximum atomic E-state index is 13.3. The molecule has 3 aromatic rings. The molecule has 1 aromatic heterocycles. The second kappa shape index (κ2) is 7.87. The van der Waals surface area contributed by atoms with Crippen molar-refractivity contribution in [3.63, 3.8) is 0 Å². The molecule has 0 aliphatic heterocycles. The van der Waals surface area contributed by atoms with Gasteiger partial charge in [0.15, 0.2) is 5.82 Å². The highest BCUT2D eigenvalue weighted by molar-refractivity contribution is 5.89. The Morgan fingerprint density at radius 3 is 2.46 bits per heavy atom. The highest BCUT2D eigenvalue weighted by Crippen LogP contribution is 2.28. The van der Waals surface area contributed by atoms with Gasteiger partial charge in [-0.15, -0.1) is 0 Å². The molecule has 0 atom stereocenters. The quantitative estimate of drug-likeness (QED) is 0.636. The summed E-state index contributed by atoms with van der Waals surface area (Å²) in [5.74, 6) is 0.0525. The zero-order valence-electron chi connectivity index (χ0n) is 14.4. The summed E-state index contributed by atoms with van der Waals surface area (Å²) in [5.41, 5.74) is 2.08. The molecular weight excluding hydrogens is 334 g/mol. The van der Waals surface area contributed by atoms with Crippen molar-refractivity contribution >= 4 is 16.7 Å². The minimum atomic E-state index is -2.73. The molecule has 4 nitrogen and oxygen atoms in total. The van der Waals surface area contributed by atoms with E-state index in [9.17, 15) is 8.78 Å². The van der Waals surface area contributed by atoms with Gasteiger partial charge in [-0.1, -0.05) is 31.2 Å². The zero-order valence-corrected chi connectivity index (χ0v) is 14.4. The molecule has 0 aliphatic carbocycles. The van der Waals surface area contributed by atoms with E-state index in [1.54, 1.807) is 24.3 Å². The summed E-state index contributed by atoms with van der Waals surface area (Å²) in [6, 6.07) is 16.5. The number of aromatic nitrogens is 2. The topological polar surface area (TPSA) is 52.8 Å². The van der Waals surface area contributed by atoms with E-state index in [1.807, 2.05) is 36.1 Å². The molecule has 0 N–H and O–H groups in total. The van der Waals surface area contributed by atoms with Crippen LogP contribution in [0, 0.1) is 11.3 Å². The van der Waals surface area contributed by atoms with Crippen LogP contribution in [0.3, 0.4) is 0 Å². The van der Waals surface area contributed by atoms with Gasteiger partial charge in [-0.05, 0) is 36.2 Å². The van der Waals surface area contributed by atoms with Crippen LogP contribution in [0.2, 0.25) is 0 Å². The fourth-order valence-electron chi connectivity index (χ4n) is 2.85. The van der Waals surface area contributed by atoms with Crippen LogP contribution in [-0.4, -0.2) is 16.5 Å². The van der Waals surface area contributed by atoms with Crippen molar-refractivity contribution in [3.8, 4) is 6.07 Å². The monoisotopic (exact) mass is 352 g/mol. The number of hydrogen-bond donors (Lipinski definition) is 0. The Bertz CT molecular complexity index is 933. The maximum Gasteiger partial charge on any atom is 0.297 e. The molecule has 132 valence electrons. The molecule has 3 rings (SSSR count). The van der Waals surface area contributed by atoms with E-state index in [-0.39, 0.29) is 0 Å². The van der Waals surface area contributed by atoms with Gasteiger partial charge in [0.05, 0.1) is 17.1 Å². The average Bonchev–Trinajstić information content (AvgIpc) is 2.67. The predicted molar refractivity (Wildman–Crippen MR) is 97.0 cm³/mol. The Kier molecular flexibility index (Phi) is 5.37. The SMILES string of the molecule is CCCN(Cc1ccc(C#N)cc1)c1nc(C(F)F)nc2ccccc12. The van der Waals surface area contributed by atoms with Crippen LogP contribution in [-0.2, 0) is 6.54 Å². The maximum absolute atomic E-state index is 13.3. The smallest absolute Gasteiger partial charge is 0.297 e. The molecule has 0 saturated carbocycles. The number of fused-ring (bicyclic) bond motifs is 1. The lowest BCUT2D eigenvalue weighted by atomic mass is 10.1. The van der Waals surface area contributed by atoms with Gasteiger partial charge in [-0.25, -0.2) is 18.7 Å². The van der Waals surface area contributed by atoms with Crippen molar-refractivity contribution in [3.05, 3.63) is 65.5 Å². The number of para-hydroxylation sites is 1. The Balaban J connectivity index is 2.04. The molecule has 0 saturated heterocycles. The van der Waals surface area contributed by atoms with Crippen LogP contribution in [0.15, 0.2) is 48.5 Å². The largest absolute Gasteiger partial charge is 0.352 e. The Morgan fingerprint density at radius 1 is 1.08 bits per heavy atom. The molecule has 2 aromatic carbocycles. The van der Waals surface area contributed by atoms with Gasteiger partial charge in [-0.2, -0.15) is 5.26 Å². The first kappa shape index (κ1) is 17.7. The summed E-state index contributed by atoms with van der Waals surface area (Å²) in [5, 5.41) is 9.67. The standard InChI is InChI=1S/C20H18F2N4/c1-2-11-26(13-15-9-7-14(12-23)8-10-15)20-16-5-3-4-6-17(16)24-19(25-20)18(21)22/h3-10,18H,2,11,13H2,1H3. The van der Waals surface area contributed by atoms with Gasteiger partial charge in [0.1, 0.15) is 5.82 Å². The summed E-state index contributed by atoms with van der Waals surface area (Å²) < 4.78 is 26.5. The molecular formula is C20H18F2N4. The lowest BCUT2D eigenvalue weighted by Crippen LogP contribution is -2.25. The van der Waals surface area contributed by atoms with Crippen molar-refractivity contribution in [2.24, 2.45) is 0 Å². The lowest BCUT2D eigenvalue weighted by molar-refractivity contribution is 0.141. The molecule has 0 aliphatic rings. The third-order valence-corrected chi connectivity index (χ3v) is 4.05. The fourth-order valence-corrected chi connectivity index (χ4v) is 2.85. The molecule has 1 heterocycles. The lowest BCUT2D eigenvalue weighted by Gasteiger charge is -2.25. The molecule has 0 bridgehead atoms. The van der Waals surface area contributed by atoms with Gasteiger partial charge in [-0.3, -0.25) is 0 Å². The Hall–Kier alpha value is -3.07. The van der Waals surface area contributed by atoms with Crippen LogP contribution in [0.4, 0.5) is 14.6 Å². The van der Waals surface area contributed by atoms with Gasteiger partial charge in [0.2, 0.25) is 0 Å². The number of benzene rings is 2. The second-order valence-electron chi connectivity index (χ2n) is 5.95. The Labute approximate surface area is 150 Å². The molecule has 0 spiro atoms. The number of anilines is 1. The fraction of sp³-hybridized carbons (Fsp3) is 0.250. The highest BCUT2D eigenvalue weighted by atomic mass is 19.3. The molecule has 0 radical (unpaired) electrons. The zero-order chi connectivity index (χ0) is 18.5. The van der Waals surface area contributed by atoms with Gasteiger partial charge < -0.3 is 4.90 Å². The first-order valence-corrected chi connectivity index (χ1v) is 8.41. The van der Waals surface area contributed by atoms with E-state index in [4.69, 9.17) is 5.26 Å². The third kappa shape index (κ3) is 3.77. The number of rotatable bonds is 6. The van der Waals surface area contributed by atoms with Gasteiger partial charge in [0, 0.05) is 18.5 Å². The van der Waals surface area contributed by atoms with Crippen molar-refractivity contribution in [2.75, 3.05) is 11.4 Å². The van der Waals surface area contributed by atoms with E-state index >= 15 is 0 Å². The van der Waals surface area contributed by atoms with E-state index in [2.05, 4.69) is 16.0 Å². The van der Waals surface area contributed by atoms with Gasteiger partial charge in [0.25, 0.3) is 6.43 Å². The third-order valence-electron chi connectivity index (χ3n) is 4.05. The Morgan fingerprint density at radius 2 is 1.81 bits per heavy atom. The minimum absolute atomic E-state index is 0.459. The summed E-state index contributed by atoms with van der Waals surface area (Å²) in [7, 11) is 0. The molecule has 0 unspecified atom stereocenters. The van der Waals surface area contributed by atoms with E-state index < -0.39 is 12.2 Å². The molecule has 6 heteroatoms. The van der Waals surface area contributed by atoms with Crippen LogP contribution in [0.25, 0.3) is 10.9 Å². The van der Waals surface area contributed by atoms with Crippen LogP contribution < -0.4 is 4.90 Å². The highest BCUT2D eigenvalue weighted by Gasteiger charge is 2.19. The first-order chi connectivity index (χ1) is 12.6.